The molecule has 1 unspecified atom stereocenters. The number of benzene rings is 1. The van der Waals surface area contributed by atoms with Gasteiger partial charge in [-0.25, -0.2) is 0 Å². The summed E-state index contributed by atoms with van der Waals surface area (Å²) in [5.74, 6) is -1.31. The summed E-state index contributed by atoms with van der Waals surface area (Å²) < 4.78 is 5.01. The molecule has 0 aliphatic rings. The van der Waals surface area contributed by atoms with Gasteiger partial charge in [0.05, 0.1) is 12.7 Å². The summed E-state index contributed by atoms with van der Waals surface area (Å²) in [6.07, 6.45) is 0. The van der Waals surface area contributed by atoms with Crippen molar-refractivity contribution in [1.82, 2.24) is 0 Å². The molecule has 0 aliphatic carbocycles. The molecule has 1 rings (SSSR count). The first-order valence-corrected chi connectivity index (χ1v) is 8.87. The number of rotatable bonds is 3. The quantitative estimate of drug-likeness (QED) is 0.764. The maximum Gasteiger partial charge on any atom is 0.327 e. The monoisotopic (exact) mass is 347 g/mol. The molecule has 140 valence electrons. The molecule has 1 aromatic rings. The summed E-state index contributed by atoms with van der Waals surface area (Å²) in [5, 5.41) is 20.1. The highest BCUT2D eigenvalue weighted by Crippen LogP contribution is 2.41. The molecule has 0 radical (unpaired) electrons. The predicted octanol–water partition coefficient (Wildman–Crippen LogP) is 5.18. The van der Waals surface area contributed by atoms with Crippen LogP contribution in [0.2, 0.25) is 0 Å². The zero-order chi connectivity index (χ0) is 20.0. The van der Waals surface area contributed by atoms with Crippen LogP contribution in [0.4, 0.5) is 0 Å². The van der Waals surface area contributed by atoms with E-state index in [0.29, 0.717) is 5.56 Å². The second kappa shape index (κ2) is 8.89. The Balaban J connectivity index is 0.00000277. The van der Waals surface area contributed by atoms with Crippen LogP contribution < -0.4 is 0 Å². The summed E-state index contributed by atoms with van der Waals surface area (Å²) in [7, 11) is 0. The minimum atomic E-state index is -0.988. The predicted molar refractivity (Wildman–Crippen MR) is 102 cm³/mol. The lowest BCUT2D eigenvalue weighted by atomic mass is 9.77. The summed E-state index contributed by atoms with van der Waals surface area (Å²) in [6.45, 7) is 17.9. The van der Waals surface area contributed by atoms with Gasteiger partial charge in [-0.1, -0.05) is 55.4 Å². The summed E-state index contributed by atoms with van der Waals surface area (Å²) >= 11 is 0. The van der Waals surface area contributed by atoms with Gasteiger partial charge in [-0.2, -0.15) is 5.26 Å². The Kier molecular flexibility index (Phi) is 8.18. The maximum atomic E-state index is 12.1. The van der Waals surface area contributed by atoms with Crippen molar-refractivity contribution >= 4 is 5.97 Å². The molecule has 1 aromatic carbocycles. The number of phenols is 1. The molecule has 1 N–H and O–H groups in total. The number of phenolic OH excluding ortho intramolecular Hbond substituents is 1. The smallest absolute Gasteiger partial charge is 0.327 e. The summed E-state index contributed by atoms with van der Waals surface area (Å²) in [5.41, 5.74) is 1.40. The first-order valence-electron chi connectivity index (χ1n) is 8.87. The van der Waals surface area contributed by atoms with Gasteiger partial charge < -0.3 is 9.84 Å². The van der Waals surface area contributed by atoms with Gasteiger partial charge in [0, 0.05) is 0 Å². The lowest BCUT2D eigenvalue weighted by molar-refractivity contribution is -0.143. The van der Waals surface area contributed by atoms with Gasteiger partial charge >= 0.3 is 5.97 Å². The molecular weight excluding hydrogens is 314 g/mol. The van der Waals surface area contributed by atoms with Crippen LogP contribution in [0.25, 0.3) is 0 Å². The Morgan fingerprint density at radius 3 is 1.80 bits per heavy atom. The van der Waals surface area contributed by atoms with Crippen molar-refractivity contribution in [3.05, 3.63) is 28.8 Å². The largest absolute Gasteiger partial charge is 0.507 e. The van der Waals surface area contributed by atoms with Gasteiger partial charge in [-0.15, -0.1) is 0 Å². The Labute approximate surface area is 152 Å². The Morgan fingerprint density at radius 2 is 1.52 bits per heavy atom. The second-order valence-corrected chi connectivity index (χ2v) is 7.78. The van der Waals surface area contributed by atoms with Crippen molar-refractivity contribution < 1.29 is 14.6 Å². The first-order chi connectivity index (χ1) is 11.4. The van der Waals surface area contributed by atoms with Gasteiger partial charge in [-0.05, 0) is 46.6 Å². The van der Waals surface area contributed by atoms with Gasteiger partial charge in [0.2, 0.25) is 0 Å². The highest BCUT2D eigenvalue weighted by Gasteiger charge is 2.30. The fraction of sp³-hybridized carbons (Fsp3) is 0.619. The molecule has 0 saturated carbocycles. The Morgan fingerprint density at radius 1 is 1.12 bits per heavy atom. The van der Waals surface area contributed by atoms with E-state index in [2.05, 4.69) is 0 Å². The number of esters is 1. The van der Waals surface area contributed by atoms with Gasteiger partial charge in [0.25, 0.3) is 0 Å². The van der Waals surface area contributed by atoms with Crippen molar-refractivity contribution in [2.24, 2.45) is 0 Å². The van der Waals surface area contributed by atoms with Crippen molar-refractivity contribution in [2.45, 2.75) is 79.1 Å². The maximum absolute atomic E-state index is 12.1. The number of carbonyl (C=O) groups excluding carboxylic acids is 1. The average Bonchev–Trinajstić information content (AvgIpc) is 2.49. The molecule has 4 heteroatoms. The van der Waals surface area contributed by atoms with Gasteiger partial charge in [0.1, 0.15) is 5.75 Å². The van der Waals surface area contributed by atoms with E-state index in [1.807, 2.05) is 61.5 Å². The second-order valence-electron chi connectivity index (χ2n) is 7.78. The highest BCUT2D eigenvalue weighted by atomic mass is 16.5. The number of nitriles is 1. The fourth-order valence-electron chi connectivity index (χ4n) is 2.46. The van der Waals surface area contributed by atoms with E-state index in [9.17, 15) is 15.2 Å². The standard InChI is InChI=1S/C19H27NO3.C2H6/c1-8-23-17(22)13(11-20)12-9-14(18(2,3)4)16(21)15(10-12)19(5,6)7;1-2/h9-10,13,21H,8H2,1-7H3;1-2H3. The number of carbonyl (C=O) groups is 1. The normalized spacial score (nSPS) is 12.5. The SMILES string of the molecule is CC.CCOC(=O)C(C#N)c1cc(C(C)(C)C)c(O)c(C(C)(C)C)c1. The van der Waals surface area contributed by atoms with Crippen molar-refractivity contribution in [3.8, 4) is 11.8 Å². The van der Waals surface area contributed by atoms with Crippen molar-refractivity contribution in [2.75, 3.05) is 6.61 Å². The molecule has 0 bridgehead atoms. The molecule has 4 nitrogen and oxygen atoms in total. The van der Waals surface area contributed by atoms with E-state index in [4.69, 9.17) is 4.74 Å². The zero-order valence-corrected chi connectivity index (χ0v) is 17.2. The van der Waals surface area contributed by atoms with Crippen LogP contribution in [0.15, 0.2) is 12.1 Å². The molecule has 1 atom stereocenters. The van der Waals surface area contributed by atoms with Crippen LogP contribution in [0.3, 0.4) is 0 Å². The van der Waals surface area contributed by atoms with Crippen LogP contribution in [0, 0.1) is 11.3 Å². The number of aromatic hydroxyl groups is 1. The van der Waals surface area contributed by atoms with Crippen molar-refractivity contribution in [3.63, 3.8) is 0 Å². The van der Waals surface area contributed by atoms with E-state index in [1.165, 1.54) is 0 Å². The summed E-state index contributed by atoms with van der Waals surface area (Å²) in [6, 6.07) is 5.51. The molecule has 0 aromatic heterocycles. The molecule has 0 saturated heterocycles. The van der Waals surface area contributed by atoms with Crippen molar-refractivity contribution in [1.29, 1.82) is 5.26 Å². The van der Waals surface area contributed by atoms with Crippen LogP contribution >= 0.6 is 0 Å². The van der Waals surface area contributed by atoms with Crippen LogP contribution in [-0.4, -0.2) is 17.7 Å². The van der Waals surface area contributed by atoms with Crippen LogP contribution in [0.1, 0.15) is 84.9 Å². The van der Waals surface area contributed by atoms with E-state index < -0.39 is 11.9 Å². The number of hydrogen-bond donors (Lipinski definition) is 1. The highest BCUT2D eigenvalue weighted by molar-refractivity contribution is 5.81. The minimum Gasteiger partial charge on any atom is -0.507 e. The van der Waals surface area contributed by atoms with E-state index in [0.717, 1.165) is 11.1 Å². The number of nitrogens with zero attached hydrogens (tertiary/aromatic N) is 1. The molecule has 0 amide bonds. The zero-order valence-electron chi connectivity index (χ0n) is 17.2. The molecular formula is C21H33NO3. The third-order valence-corrected chi connectivity index (χ3v) is 3.73. The third-order valence-electron chi connectivity index (χ3n) is 3.73. The van der Waals surface area contributed by atoms with Crippen LogP contribution in [0.5, 0.6) is 5.75 Å². The molecule has 0 fully saturated rings. The Hall–Kier alpha value is -2.02. The summed E-state index contributed by atoms with van der Waals surface area (Å²) in [4.78, 5) is 12.1. The lowest BCUT2D eigenvalue weighted by Crippen LogP contribution is -2.20. The fourth-order valence-corrected chi connectivity index (χ4v) is 2.46. The van der Waals surface area contributed by atoms with Crippen LogP contribution in [-0.2, 0) is 20.4 Å². The van der Waals surface area contributed by atoms with Gasteiger partial charge in [0.15, 0.2) is 5.92 Å². The minimum absolute atomic E-state index is 0.230. The van der Waals surface area contributed by atoms with E-state index in [-0.39, 0.29) is 23.2 Å². The molecule has 0 aliphatic heterocycles. The van der Waals surface area contributed by atoms with E-state index in [1.54, 1.807) is 19.1 Å². The number of ether oxygens (including phenoxy) is 1. The Bertz CT molecular complexity index is 593. The molecule has 0 spiro atoms. The third kappa shape index (κ3) is 5.77. The van der Waals surface area contributed by atoms with Gasteiger partial charge in [-0.3, -0.25) is 4.79 Å². The number of hydrogen-bond acceptors (Lipinski definition) is 4. The molecule has 25 heavy (non-hydrogen) atoms. The van der Waals surface area contributed by atoms with E-state index >= 15 is 0 Å². The first kappa shape index (κ1) is 23.0. The topological polar surface area (TPSA) is 70.3 Å². The molecule has 0 heterocycles. The average molecular weight is 347 g/mol. The lowest BCUT2D eigenvalue weighted by Gasteiger charge is -2.28.